The maximum Gasteiger partial charge on any atom is 0.164 e. The van der Waals surface area contributed by atoms with Gasteiger partial charge in [0.2, 0.25) is 0 Å². The molecule has 2 aliphatic rings. The minimum Gasteiger partial charge on any atom is -0.457 e. The summed E-state index contributed by atoms with van der Waals surface area (Å²) in [5, 5.41) is 9.34. The molecule has 0 saturated heterocycles. The lowest BCUT2D eigenvalue weighted by Crippen LogP contribution is -2.35. The van der Waals surface area contributed by atoms with Gasteiger partial charge in [-0.1, -0.05) is 140 Å². The van der Waals surface area contributed by atoms with Crippen LogP contribution in [0.4, 0.5) is 0 Å². The van der Waals surface area contributed by atoms with Gasteiger partial charge in [0.15, 0.2) is 17.5 Å². The highest BCUT2D eigenvalue weighted by atomic mass is 16.5. The van der Waals surface area contributed by atoms with Gasteiger partial charge in [-0.15, -0.1) is 0 Å². The summed E-state index contributed by atoms with van der Waals surface area (Å²) < 4.78 is 6.77. The van der Waals surface area contributed by atoms with Gasteiger partial charge in [0.05, 0.1) is 17.0 Å². The van der Waals surface area contributed by atoms with Crippen molar-refractivity contribution in [1.29, 1.82) is 5.26 Å². The van der Waals surface area contributed by atoms with Crippen LogP contribution in [0.25, 0.3) is 39.5 Å². The molecule has 52 heavy (non-hydrogen) atoms. The fourth-order valence-corrected chi connectivity index (χ4v) is 7.58. The molecule has 0 saturated carbocycles. The molecule has 0 radical (unpaired) electrons. The predicted molar refractivity (Wildman–Crippen MR) is 206 cm³/mol. The van der Waals surface area contributed by atoms with Crippen LogP contribution in [-0.4, -0.2) is 15.0 Å². The van der Waals surface area contributed by atoms with Gasteiger partial charge in [0.1, 0.15) is 11.5 Å². The number of benzene rings is 6. The minimum absolute atomic E-state index is 0.579. The van der Waals surface area contributed by atoms with E-state index in [2.05, 4.69) is 121 Å². The highest BCUT2D eigenvalue weighted by molar-refractivity contribution is 5.80. The minimum atomic E-state index is -0.738. The average molecular weight is 669 g/mol. The van der Waals surface area contributed by atoms with Gasteiger partial charge in [0.25, 0.3) is 0 Å². The molecular weight excluding hydrogens is 637 g/mol. The van der Waals surface area contributed by atoms with Crippen molar-refractivity contribution in [2.24, 2.45) is 0 Å². The van der Waals surface area contributed by atoms with Crippen molar-refractivity contribution in [2.45, 2.75) is 18.3 Å². The van der Waals surface area contributed by atoms with Crippen LogP contribution >= 0.6 is 0 Å². The number of ether oxygens (including phenoxy) is 1. The molecule has 0 amide bonds. The smallest absolute Gasteiger partial charge is 0.164 e. The second-order valence-corrected chi connectivity index (χ2v) is 13.0. The number of rotatable bonds is 6. The van der Waals surface area contributed by atoms with Crippen LogP contribution < -0.4 is 4.74 Å². The number of allylic oxidation sites excluding steroid dienone is 4. The summed E-state index contributed by atoms with van der Waals surface area (Å²) >= 11 is 0. The molecular formula is C47H32N4O. The maximum atomic E-state index is 9.34. The third kappa shape index (κ3) is 5.30. The normalized spacial score (nSPS) is 13.9. The van der Waals surface area contributed by atoms with Gasteiger partial charge in [0, 0.05) is 22.3 Å². The van der Waals surface area contributed by atoms with Crippen LogP contribution in [0.15, 0.2) is 170 Å². The summed E-state index contributed by atoms with van der Waals surface area (Å²) in [6.45, 7) is 0. The fourth-order valence-electron chi connectivity index (χ4n) is 7.58. The van der Waals surface area contributed by atoms with Gasteiger partial charge in [-0.05, 0) is 71.0 Å². The first-order valence-electron chi connectivity index (χ1n) is 17.5. The Bertz CT molecular complexity index is 2510. The third-order valence-electron chi connectivity index (χ3n) is 9.97. The van der Waals surface area contributed by atoms with E-state index >= 15 is 0 Å². The highest BCUT2D eigenvalue weighted by Crippen LogP contribution is 2.57. The first-order valence-corrected chi connectivity index (χ1v) is 17.5. The molecule has 1 aliphatic heterocycles. The molecule has 1 aliphatic carbocycles. The number of aromatic nitrogens is 3. The Morgan fingerprint density at radius 2 is 1.23 bits per heavy atom. The van der Waals surface area contributed by atoms with Crippen LogP contribution in [-0.2, 0) is 5.41 Å². The average Bonchev–Trinajstić information content (AvgIpc) is 3.23. The van der Waals surface area contributed by atoms with E-state index in [4.69, 9.17) is 19.7 Å². The zero-order valence-corrected chi connectivity index (χ0v) is 28.3. The number of para-hydroxylation sites is 1. The Labute approximate surface area is 302 Å². The van der Waals surface area contributed by atoms with Gasteiger partial charge < -0.3 is 4.74 Å². The summed E-state index contributed by atoms with van der Waals surface area (Å²) in [5.41, 5.74) is 9.01. The van der Waals surface area contributed by atoms with E-state index in [0.29, 0.717) is 23.0 Å². The monoisotopic (exact) mass is 668 g/mol. The van der Waals surface area contributed by atoms with E-state index in [1.165, 1.54) is 0 Å². The molecule has 0 unspecified atom stereocenters. The standard InChI is InChI=1S/C47H32N4O/c48-31-32-26-28-33(29-27-32)35-16-12-17-36(30-35)45-49-44(34-14-4-1-5-15-34)50-46(51-45)39-22-13-25-42-43(39)47(37-18-6-2-7-19-37,38-20-8-3-9-21-38)40-23-10-11-24-41(40)52-42/h1-4,6-14,16-30H,5,15H2. The van der Waals surface area contributed by atoms with Crippen LogP contribution in [0, 0.1) is 11.3 Å². The van der Waals surface area contributed by atoms with Crippen LogP contribution in [0.5, 0.6) is 11.5 Å². The van der Waals surface area contributed by atoms with E-state index < -0.39 is 5.41 Å². The SMILES string of the molecule is N#Cc1ccc(-c2cccc(-c3nc(C4=CC=CCC4)nc(-c4cccc5c4C(c4ccccc4)(c4ccccc4)c4ccccc4O5)n3)c2)cc1. The molecule has 0 spiro atoms. The Morgan fingerprint density at radius 1 is 0.577 bits per heavy atom. The molecule has 5 nitrogen and oxygen atoms in total. The number of hydrogen-bond donors (Lipinski definition) is 0. The lowest BCUT2D eigenvalue weighted by atomic mass is 9.62. The number of hydrogen-bond acceptors (Lipinski definition) is 5. The maximum absolute atomic E-state index is 9.34. The molecule has 7 aromatic rings. The summed E-state index contributed by atoms with van der Waals surface area (Å²) in [6.07, 6.45) is 8.12. The quantitative estimate of drug-likeness (QED) is 0.176. The Kier molecular flexibility index (Phi) is 7.83. The number of nitrogens with zero attached hydrogens (tertiary/aromatic N) is 4. The third-order valence-corrected chi connectivity index (χ3v) is 9.97. The van der Waals surface area contributed by atoms with E-state index in [-0.39, 0.29) is 0 Å². The molecule has 9 rings (SSSR count). The fraction of sp³-hybridized carbons (Fsp3) is 0.0638. The van der Waals surface area contributed by atoms with Gasteiger partial charge in [-0.25, -0.2) is 15.0 Å². The molecule has 0 atom stereocenters. The van der Waals surface area contributed by atoms with Gasteiger partial charge in [-0.2, -0.15) is 5.26 Å². The van der Waals surface area contributed by atoms with Crippen molar-refractivity contribution in [3.63, 3.8) is 0 Å². The van der Waals surface area contributed by atoms with Crippen molar-refractivity contribution in [3.8, 4) is 51.5 Å². The summed E-state index contributed by atoms with van der Waals surface area (Å²) in [5.74, 6) is 3.40. The van der Waals surface area contributed by atoms with Crippen molar-refractivity contribution in [2.75, 3.05) is 0 Å². The van der Waals surface area contributed by atoms with Crippen molar-refractivity contribution < 1.29 is 4.74 Å². The molecule has 0 N–H and O–H groups in total. The predicted octanol–water partition coefficient (Wildman–Crippen LogP) is 11.0. The highest BCUT2D eigenvalue weighted by Gasteiger charge is 2.47. The molecule has 0 fully saturated rings. The van der Waals surface area contributed by atoms with Crippen molar-refractivity contribution in [1.82, 2.24) is 15.0 Å². The zero-order chi connectivity index (χ0) is 34.9. The summed E-state index contributed by atoms with van der Waals surface area (Å²) in [7, 11) is 0. The van der Waals surface area contributed by atoms with E-state index in [0.717, 1.165) is 74.4 Å². The molecule has 0 bridgehead atoms. The van der Waals surface area contributed by atoms with Crippen LogP contribution in [0.1, 0.15) is 46.5 Å². The summed E-state index contributed by atoms with van der Waals surface area (Å²) in [6, 6.07) is 53.9. The molecule has 246 valence electrons. The Morgan fingerprint density at radius 3 is 1.96 bits per heavy atom. The zero-order valence-electron chi connectivity index (χ0n) is 28.3. The first-order chi connectivity index (χ1) is 25.7. The van der Waals surface area contributed by atoms with Crippen LogP contribution in [0.3, 0.4) is 0 Å². The molecule has 1 aromatic heterocycles. The van der Waals surface area contributed by atoms with Gasteiger partial charge in [-0.3, -0.25) is 0 Å². The number of fused-ring (bicyclic) bond motifs is 2. The first kappa shape index (κ1) is 31.1. The van der Waals surface area contributed by atoms with Gasteiger partial charge >= 0.3 is 0 Å². The molecule has 5 heteroatoms. The second kappa shape index (κ2) is 13.1. The Hall–Kier alpha value is -6.90. The molecule has 6 aromatic carbocycles. The molecule has 2 heterocycles. The van der Waals surface area contributed by atoms with E-state index in [9.17, 15) is 5.26 Å². The largest absolute Gasteiger partial charge is 0.457 e. The second-order valence-electron chi connectivity index (χ2n) is 13.0. The van der Waals surface area contributed by atoms with Crippen LogP contribution in [0.2, 0.25) is 0 Å². The van der Waals surface area contributed by atoms with E-state index in [1.807, 2.05) is 54.6 Å². The lowest BCUT2D eigenvalue weighted by molar-refractivity contribution is 0.435. The number of nitriles is 1. The van der Waals surface area contributed by atoms with Crippen molar-refractivity contribution in [3.05, 3.63) is 204 Å². The topological polar surface area (TPSA) is 71.7 Å². The summed E-state index contributed by atoms with van der Waals surface area (Å²) in [4.78, 5) is 15.7. The Balaban J connectivity index is 1.31. The van der Waals surface area contributed by atoms with E-state index in [1.54, 1.807) is 0 Å². The van der Waals surface area contributed by atoms with Crippen molar-refractivity contribution >= 4 is 5.57 Å². The lowest BCUT2D eigenvalue weighted by Gasteiger charge is -2.42.